The van der Waals surface area contributed by atoms with Crippen LogP contribution >= 0.6 is 0 Å². The summed E-state index contributed by atoms with van der Waals surface area (Å²) in [5, 5.41) is 2.87. The predicted molar refractivity (Wildman–Crippen MR) is 86.6 cm³/mol. The van der Waals surface area contributed by atoms with E-state index >= 15 is 0 Å². The van der Waals surface area contributed by atoms with Gasteiger partial charge >= 0.3 is 0 Å². The van der Waals surface area contributed by atoms with Crippen molar-refractivity contribution in [2.75, 3.05) is 33.4 Å². The fourth-order valence-electron chi connectivity index (χ4n) is 2.20. The van der Waals surface area contributed by atoms with E-state index in [2.05, 4.69) is 5.32 Å². The van der Waals surface area contributed by atoms with Crippen LogP contribution in [0.5, 0.6) is 0 Å². The molecular formula is C17H26N2O3. The van der Waals surface area contributed by atoms with Crippen molar-refractivity contribution in [3.05, 3.63) is 35.4 Å². The Morgan fingerprint density at radius 2 is 1.95 bits per heavy atom. The lowest BCUT2D eigenvalue weighted by Gasteiger charge is -2.21. The molecule has 0 atom stereocenters. The van der Waals surface area contributed by atoms with Crippen molar-refractivity contribution in [3.63, 3.8) is 0 Å². The molecule has 5 heteroatoms. The molecular weight excluding hydrogens is 280 g/mol. The van der Waals surface area contributed by atoms with Crippen molar-refractivity contribution in [2.45, 2.75) is 26.7 Å². The molecule has 0 aliphatic heterocycles. The van der Waals surface area contributed by atoms with Crippen molar-refractivity contribution >= 4 is 11.8 Å². The van der Waals surface area contributed by atoms with Gasteiger partial charge in [0.2, 0.25) is 11.8 Å². The molecule has 0 bridgehead atoms. The molecule has 0 aliphatic rings. The number of hydrogen-bond donors (Lipinski definition) is 1. The Kier molecular flexibility index (Phi) is 8.22. The monoisotopic (exact) mass is 306 g/mol. The van der Waals surface area contributed by atoms with E-state index in [0.717, 1.165) is 17.5 Å². The molecule has 1 rings (SSSR count). The van der Waals surface area contributed by atoms with Gasteiger partial charge in [-0.15, -0.1) is 0 Å². The van der Waals surface area contributed by atoms with Crippen LogP contribution in [-0.2, 0) is 20.7 Å². The maximum Gasteiger partial charge on any atom is 0.224 e. The smallest absolute Gasteiger partial charge is 0.224 e. The van der Waals surface area contributed by atoms with Crippen molar-refractivity contribution in [1.29, 1.82) is 0 Å². The highest BCUT2D eigenvalue weighted by atomic mass is 16.5. The highest BCUT2D eigenvalue weighted by molar-refractivity contribution is 5.79. The number of methoxy groups -OCH3 is 1. The second-order valence-electron chi connectivity index (χ2n) is 5.31. The van der Waals surface area contributed by atoms with Gasteiger partial charge in [0.05, 0.1) is 6.42 Å². The lowest BCUT2D eigenvalue weighted by molar-refractivity contribution is -0.129. The zero-order valence-corrected chi connectivity index (χ0v) is 13.7. The second-order valence-corrected chi connectivity index (χ2v) is 5.31. The largest absolute Gasteiger partial charge is 0.385 e. The Labute approximate surface area is 132 Å². The summed E-state index contributed by atoms with van der Waals surface area (Å²) in [6.07, 6.45) is 1.17. The van der Waals surface area contributed by atoms with Gasteiger partial charge in [-0.2, -0.15) is 0 Å². The summed E-state index contributed by atoms with van der Waals surface area (Å²) in [5.41, 5.74) is 2.14. The van der Waals surface area contributed by atoms with E-state index in [4.69, 9.17) is 4.74 Å². The van der Waals surface area contributed by atoms with E-state index in [0.29, 0.717) is 32.7 Å². The number of nitrogens with zero attached hydrogens (tertiary/aromatic N) is 1. The standard InChI is InChI=1S/C17H26N2O3/c1-14-7-4-5-8-16(14)13-17(21)18-9-11-19(15(2)20)10-6-12-22-3/h4-5,7-8H,6,9-13H2,1-3H3,(H,18,21). The highest BCUT2D eigenvalue weighted by Crippen LogP contribution is 2.07. The number of hydrogen-bond acceptors (Lipinski definition) is 3. The van der Waals surface area contributed by atoms with Gasteiger partial charge in [0.15, 0.2) is 0 Å². The first kappa shape index (κ1) is 18.2. The third kappa shape index (κ3) is 6.72. The van der Waals surface area contributed by atoms with Crippen LogP contribution in [0, 0.1) is 6.92 Å². The van der Waals surface area contributed by atoms with E-state index < -0.39 is 0 Å². The normalized spacial score (nSPS) is 10.3. The van der Waals surface area contributed by atoms with E-state index in [-0.39, 0.29) is 11.8 Å². The van der Waals surface area contributed by atoms with Crippen LogP contribution in [-0.4, -0.2) is 50.1 Å². The van der Waals surface area contributed by atoms with Gasteiger partial charge in [-0.05, 0) is 24.5 Å². The van der Waals surface area contributed by atoms with Gasteiger partial charge in [-0.3, -0.25) is 9.59 Å². The SMILES string of the molecule is COCCCN(CCNC(=O)Cc1ccccc1C)C(C)=O. The Hall–Kier alpha value is -1.88. The minimum Gasteiger partial charge on any atom is -0.385 e. The second kappa shape index (κ2) is 9.95. The molecule has 5 nitrogen and oxygen atoms in total. The minimum atomic E-state index is -0.0188. The molecule has 0 radical (unpaired) electrons. The Balaban J connectivity index is 2.33. The average Bonchev–Trinajstić information content (AvgIpc) is 2.48. The predicted octanol–water partition coefficient (Wildman–Crippen LogP) is 1.54. The average molecular weight is 306 g/mol. The first-order valence-corrected chi connectivity index (χ1v) is 7.60. The van der Waals surface area contributed by atoms with Gasteiger partial charge in [0.25, 0.3) is 0 Å². The summed E-state index contributed by atoms with van der Waals surface area (Å²) in [4.78, 5) is 25.2. The molecule has 0 aliphatic carbocycles. The molecule has 0 aromatic heterocycles. The molecule has 2 amide bonds. The molecule has 1 aromatic rings. The number of nitrogens with one attached hydrogen (secondary N) is 1. The molecule has 122 valence electrons. The minimum absolute atomic E-state index is 0.0178. The maximum absolute atomic E-state index is 11.9. The first-order valence-electron chi connectivity index (χ1n) is 7.60. The number of aryl methyl sites for hydroxylation is 1. The highest BCUT2D eigenvalue weighted by Gasteiger charge is 2.09. The number of benzene rings is 1. The summed E-state index contributed by atoms with van der Waals surface area (Å²) < 4.78 is 4.98. The van der Waals surface area contributed by atoms with E-state index in [9.17, 15) is 9.59 Å². The molecule has 22 heavy (non-hydrogen) atoms. The lowest BCUT2D eigenvalue weighted by Crippen LogP contribution is -2.38. The Morgan fingerprint density at radius 3 is 2.59 bits per heavy atom. The van der Waals surface area contributed by atoms with Gasteiger partial charge < -0.3 is 15.0 Å². The van der Waals surface area contributed by atoms with Crippen molar-refractivity contribution < 1.29 is 14.3 Å². The Bertz CT molecular complexity index is 489. The van der Waals surface area contributed by atoms with Crippen LogP contribution in [0.25, 0.3) is 0 Å². The van der Waals surface area contributed by atoms with Crippen LogP contribution in [0.15, 0.2) is 24.3 Å². The summed E-state index contributed by atoms with van der Waals surface area (Å²) in [7, 11) is 1.64. The summed E-state index contributed by atoms with van der Waals surface area (Å²) in [6.45, 7) is 5.81. The zero-order valence-electron chi connectivity index (χ0n) is 13.7. The van der Waals surface area contributed by atoms with Crippen LogP contribution in [0.1, 0.15) is 24.5 Å². The van der Waals surface area contributed by atoms with E-state index in [1.54, 1.807) is 18.9 Å². The van der Waals surface area contributed by atoms with Crippen LogP contribution in [0.3, 0.4) is 0 Å². The number of carbonyl (C=O) groups is 2. The number of ether oxygens (including phenoxy) is 1. The first-order chi connectivity index (χ1) is 10.5. The molecule has 0 unspecified atom stereocenters. The van der Waals surface area contributed by atoms with Crippen LogP contribution in [0.2, 0.25) is 0 Å². The molecule has 0 saturated heterocycles. The van der Waals surface area contributed by atoms with Crippen molar-refractivity contribution in [3.8, 4) is 0 Å². The zero-order chi connectivity index (χ0) is 16.4. The van der Waals surface area contributed by atoms with Gasteiger partial charge in [0.1, 0.15) is 0 Å². The van der Waals surface area contributed by atoms with Crippen LogP contribution in [0.4, 0.5) is 0 Å². The van der Waals surface area contributed by atoms with Crippen molar-refractivity contribution in [1.82, 2.24) is 10.2 Å². The van der Waals surface area contributed by atoms with Gasteiger partial charge in [-0.1, -0.05) is 24.3 Å². The van der Waals surface area contributed by atoms with E-state index in [1.807, 2.05) is 31.2 Å². The third-order valence-corrected chi connectivity index (χ3v) is 3.54. The lowest BCUT2D eigenvalue weighted by atomic mass is 10.1. The third-order valence-electron chi connectivity index (χ3n) is 3.54. The van der Waals surface area contributed by atoms with Gasteiger partial charge in [-0.25, -0.2) is 0 Å². The maximum atomic E-state index is 11.9. The topological polar surface area (TPSA) is 58.6 Å². The molecule has 0 fully saturated rings. The van der Waals surface area contributed by atoms with Gasteiger partial charge in [0, 0.05) is 40.3 Å². The number of carbonyl (C=O) groups excluding carboxylic acids is 2. The summed E-state index contributed by atoms with van der Waals surface area (Å²) >= 11 is 0. The summed E-state index contributed by atoms with van der Waals surface area (Å²) in [5.74, 6) is -0.000973. The Morgan fingerprint density at radius 1 is 1.23 bits per heavy atom. The molecule has 1 N–H and O–H groups in total. The molecule has 1 aromatic carbocycles. The van der Waals surface area contributed by atoms with Crippen molar-refractivity contribution in [2.24, 2.45) is 0 Å². The fourth-order valence-corrected chi connectivity index (χ4v) is 2.20. The number of amides is 2. The van der Waals surface area contributed by atoms with Crippen LogP contribution < -0.4 is 5.32 Å². The summed E-state index contributed by atoms with van der Waals surface area (Å²) in [6, 6.07) is 7.85. The molecule has 0 saturated carbocycles. The number of rotatable bonds is 9. The quantitative estimate of drug-likeness (QED) is 0.704. The fraction of sp³-hybridized carbons (Fsp3) is 0.529. The molecule has 0 spiro atoms. The van der Waals surface area contributed by atoms with E-state index in [1.165, 1.54) is 0 Å². The molecule has 0 heterocycles.